The molecule has 1 atom stereocenters. The van der Waals surface area contributed by atoms with E-state index >= 15 is 0 Å². The fraction of sp³-hybridized carbons (Fsp3) is 0.769. The van der Waals surface area contributed by atoms with Crippen LogP contribution in [-0.4, -0.2) is 64.5 Å². The number of carboxylic acid groups (broad SMARTS) is 1. The molecule has 7 nitrogen and oxygen atoms in total. The molecule has 0 aliphatic carbocycles. The minimum atomic E-state index is -1.08. The van der Waals surface area contributed by atoms with Crippen LogP contribution in [0.25, 0.3) is 0 Å². The Morgan fingerprint density at radius 1 is 1.35 bits per heavy atom. The lowest BCUT2D eigenvalue weighted by atomic mass is 9.93. The molecule has 0 spiro atoms. The zero-order valence-electron chi connectivity index (χ0n) is 11.7. The second-order valence-corrected chi connectivity index (χ2v) is 5.32. The lowest BCUT2D eigenvalue weighted by molar-refractivity contribution is -0.148. The Morgan fingerprint density at radius 2 is 2.10 bits per heavy atom. The molecule has 2 rings (SSSR count). The molecule has 2 fully saturated rings. The van der Waals surface area contributed by atoms with Crippen LogP contribution in [0.2, 0.25) is 0 Å². The van der Waals surface area contributed by atoms with Crippen molar-refractivity contribution in [1.82, 2.24) is 15.1 Å². The van der Waals surface area contributed by atoms with Crippen LogP contribution in [-0.2, 0) is 9.59 Å². The Kier molecular flexibility index (Phi) is 4.15. The first-order valence-corrected chi connectivity index (χ1v) is 7.08. The van der Waals surface area contributed by atoms with Gasteiger partial charge in [-0.1, -0.05) is 6.92 Å². The largest absolute Gasteiger partial charge is 0.479 e. The Morgan fingerprint density at radius 3 is 2.75 bits per heavy atom. The molecule has 0 aromatic carbocycles. The summed E-state index contributed by atoms with van der Waals surface area (Å²) in [5.41, 5.74) is -1.08. The predicted molar refractivity (Wildman–Crippen MR) is 71.2 cm³/mol. The van der Waals surface area contributed by atoms with Gasteiger partial charge in [-0.25, -0.2) is 9.59 Å². The molecule has 112 valence electrons. The van der Waals surface area contributed by atoms with Crippen LogP contribution in [0.15, 0.2) is 0 Å². The number of carboxylic acids is 1. The summed E-state index contributed by atoms with van der Waals surface area (Å²) in [5, 5.41) is 12.2. The topological polar surface area (TPSA) is 89.9 Å². The second kappa shape index (κ2) is 5.68. The van der Waals surface area contributed by atoms with Crippen molar-refractivity contribution in [3.63, 3.8) is 0 Å². The van der Waals surface area contributed by atoms with E-state index in [1.165, 1.54) is 4.90 Å². The van der Waals surface area contributed by atoms with Crippen molar-refractivity contribution in [1.29, 1.82) is 0 Å². The van der Waals surface area contributed by atoms with Crippen LogP contribution in [0.4, 0.5) is 4.79 Å². The van der Waals surface area contributed by atoms with Crippen molar-refractivity contribution in [2.45, 2.75) is 38.1 Å². The summed E-state index contributed by atoms with van der Waals surface area (Å²) < 4.78 is 0. The van der Waals surface area contributed by atoms with Crippen LogP contribution in [0.3, 0.4) is 0 Å². The van der Waals surface area contributed by atoms with Crippen LogP contribution in [0.5, 0.6) is 0 Å². The minimum Gasteiger partial charge on any atom is -0.479 e. The number of nitrogens with zero attached hydrogens (tertiary/aromatic N) is 2. The third-order valence-corrected chi connectivity index (χ3v) is 4.29. The Bertz CT molecular complexity index is 426. The van der Waals surface area contributed by atoms with Crippen molar-refractivity contribution in [3.8, 4) is 0 Å². The van der Waals surface area contributed by atoms with Crippen molar-refractivity contribution in [2.24, 2.45) is 0 Å². The molecule has 20 heavy (non-hydrogen) atoms. The summed E-state index contributed by atoms with van der Waals surface area (Å²) >= 11 is 0. The Labute approximate surface area is 117 Å². The number of nitrogens with one attached hydrogen (secondary N) is 1. The molecule has 3 amide bonds. The van der Waals surface area contributed by atoms with E-state index in [0.29, 0.717) is 45.4 Å². The Hall–Kier alpha value is -1.79. The lowest BCUT2D eigenvalue weighted by Gasteiger charge is -2.37. The number of hydrogen-bond donors (Lipinski definition) is 2. The van der Waals surface area contributed by atoms with E-state index in [4.69, 9.17) is 0 Å². The smallest absolute Gasteiger partial charge is 0.329 e. The molecular formula is C13H21N3O4. The summed E-state index contributed by atoms with van der Waals surface area (Å²) in [5.74, 6) is -1.00. The summed E-state index contributed by atoms with van der Waals surface area (Å²) in [7, 11) is 0. The number of aliphatic carboxylic acids is 1. The zero-order valence-corrected chi connectivity index (χ0v) is 11.7. The molecule has 0 saturated carbocycles. The third-order valence-electron chi connectivity index (χ3n) is 4.29. The minimum absolute atomic E-state index is 0.0679. The van der Waals surface area contributed by atoms with E-state index in [9.17, 15) is 19.5 Å². The molecule has 2 heterocycles. The van der Waals surface area contributed by atoms with E-state index in [-0.39, 0.29) is 18.4 Å². The number of carbonyl (C=O) groups is 3. The van der Waals surface area contributed by atoms with Gasteiger partial charge in [-0.2, -0.15) is 0 Å². The van der Waals surface area contributed by atoms with Gasteiger partial charge in [-0.15, -0.1) is 0 Å². The van der Waals surface area contributed by atoms with E-state index in [2.05, 4.69) is 5.32 Å². The number of carbonyl (C=O) groups excluding carboxylic acids is 2. The second-order valence-electron chi connectivity index (χ2n) is 5.32. The van der Waals surface area contributed by atoms with Crippen molar-refractivity contribution in [2.75, 3.05) is 26.2 Å². The maximum absolute atomic E-state index is 12.6. The molecule has 7 heteroatoms. The number of rotatable bonds is 2. The van der Waals surface area contributed by atoms with Crippen molar-refractivity contribution < 1.29 is 19.5 Å². The fourth-order valence-corrected chi connectivity index (χ4v) is 3.03. The van der Waals surface area contributed by atoms with E-state index in [1.54, 1.807) is 11.8 Å². The zero-order chi connectivity index (χ0) is 14.8. The number of amides is 3. The van der Waals surface area contributed by atoms with Crippen LogP contribution >= 0.6 is 0 Å². The van der Waals surface area contributed by atoms with Gasteiger partial charge < -0.3 is 20.2 Å². The highest BCUT2D eigenvalue weighted by atomic mass is 16.4. The quantitative estimate of drug-likeness (QED) is 0.760. The number of urea groups is 1. The fourth-order valence-electron chi connectivity index (χ4n) is 3.03. The molecule has 2 aliphatic rings. The number of likely N-dealkylation sites (tertiary alicyclic amines) is 1. The summed E-state index contributed by atoms with van der Waals surface area (Å²) in [4.78, 5) is 38.5. The molecule has 2 saturated heterocycles. The van der Waals surface area contributed by atoms with Gasteiger partial charge >= 0.3 is 12.0 Å². The first-order valence-electron chi connectivity index (χ1n) is 7.08. The van der Waals surface area contributed by atoms with E-state index in [1.807, 2.05) is 0 Å². The lowest BCUT2D eigenvalue weighted by Crippen LogP contribution is -2.56. The molecule has 0 radical (unpaired) electrons. The highest BCUT2D eigenvalue weighted by molar-refractivity contribution is 5.87. The van der Waals surface area contributed by atoms with Crippen LogP contribution < -0.4 is 5.32 Å². The van der Waals surface area contributed by atoms with Crippen LogP contribution in [0.1, 0.15) is 32.6 Å². The molecule has 0 bridgehead atoms. The predicted octanol–water partition coefficient (Wildman–Crippen LogP) is 0.258. The maximum atomic E-state index is 12.6. The molecular weight excluding hydrogens is 262 g/mol. The van der Waals surface area contributed by atoms with Gasteiger partial charge in [0, 0.05) is 32.6 Å². The van der Waals surface area contributed by atoms with Gasteiger partial charge in [-0.05, 0) is 19.3 Å². The average Bonchev–Trinajstić information content (AvgIpc) is 2.75. The third kappa shape index (κ3) is 2.44. The van der Waals surface area contributed by atoms with E-state index < -0.39 is 11.5 Å². The summed E-state index contributed by atoms with van der Waals surface area (Å²) in [6.07, 6.45) is 1.87. The molecule has 0 aromatic heterocycles. The highest BCUT2D eigenvalue weighted by Gasteiger charge is 2.49. The van der Waals surface area contributed by atoms with E-state index in [0.717, 1.165) is 0 Å². The molecule has 2 N–H and O–H groups in total. The average molecular weight is 283 g/mol. The van der Waals surface area contributed by atoms with Crippen molar-refractivity contribution in [3.05, 3.63) is 0 Å². The van der Waals surface area contributed by atoms with Gasteiger partial charge in [0.05, 0.1) is 0 Å². The number of hydrogen-bond acceptors (Lipinski definition) is 3. The molecule has 2 aliphatic heterocycles. The summed E-state index contributed by atoms with van der Waals surface area (Å²) in [6.45, 7) is 3.47. The van der Waals surface area contributed by atoms with Gasteiger partial charge in [0.25, 0.3) is 0 Å². The van der Waals surface area contributed by atoms with Gasteiger partial charge in [-0.3, -0.25) is 4.79 Å². The van der Waals surface area contributed by atoms with Crippen molar-refractivity contribution >= 4 is 17.9 Å². The molecule has 0 aromatic rings. The summed E-state index contributed by atoms with van der Waals surface area (Å²) in [6, 6.07) is -0.261. The SMILES string of the molecule is CCC1(C(=O)O)CCCN1C(=O)N1CCNC(=O)CC1. The normalized spacial score (nSPS) is 27.1. The standard InChI is InChI=1S/C13H21N3O4/c1-2-13(11(18)19)5-3-7-16(13)12(20)15-8-4-10(17)14-6-9-15/h2-9H2,1H3,(H,14,17)(H,18,19). The van der Waals surface area contributed by atoms with Gasteiger partial charge in [0.1, 0.15) is 5.54 Å². The van der Waals surface area contributed by atoms with Gasteiger partial charge in [0.2, 0.25) is 5.91 Å². The Balaban J connectivity index is 2.15. The highest BCUT2D eigenvalue weighted by Crippen LogP contribution is 2.33. The monoisotopic (exact) mass is 283 g/mol. The van der Waals surface area contributed by atoms with Crippen LogP contribution in [0, 0.1) is 0 Å². The molecule has 1 unspecified atom stereocenters. The maximum Gasteiger partial charge on any atom is 0.329 e. The first kappa shape index (κ1) is 14.6. The van der Waals surface area contributed by atoms with Gasteiger partial charge in [0.15, 0.2) is 0 Å². The first-order chi connectivity index (χ1) is 9.51.